The van der Waals surface area contributed by atoms with Gasteiger partial charge in [-0.15, -0.1) is 0 Å². The SMILES string of the molecule is C[C@H](C[C@H]1O[C@H](CO[Si](c2ccccc2)(c2ccccc2)C(C)(C)C)C[C@H]1O[Si](C)(C)C(C)(C)C)C1(CCC(=O)C/C=C\[C@H]2COC(C)(C)O2)OCCO1. The Morgan fingerprint density at radius 1 is 0.907 bits per heavy atom. The van der Waals surface area contributed by atoms with Crippen LogP contribution in [0.1, 0.15) is 94.4 Å². The third kappa shape index (κ3) is 10.1. The monoisotopic (exact) mass is 780 g/mol. The second-order valence-electron chi connectivity index (χ2n) is 18.6. The predicted molar refractivity (Wildman–Crippen MR) is 220 cm³/mol. The minimum atomic E-state index is -2.75. The van der Waals surface area contributed by atoms with E-state index in [0.29, 0.717) is 52.1 Å². The van der Waals surface area contributed by atoms with Gasteiger partial charge in [-0.25, -0.2) is 0 Å². The van der Waals surface area contributed by atoms with Crippen LogP contribution in [-0.2, 0) is 37.3 Å². The molecule has 8 nitrogen and oxygen atoms in total. The average Bonchev–Trinajstić information content (AvgIpc) is 3.82. The molecule has 0 amide bonds. The third-order valence-electron chi connectivity index (χ3n) is 12.0. The van der Waals surface area contributed by atoms with E-state index in [-0.39, 0.29) is 46.2 Å². The summed E-state index contributed by atoms with van der Waals surface area (Å²) in [5.74, 6) is -1.32. The molecule has 5 atom stereocenters. The molecule has 2 aromatic rings. The van der Waals surface area contributed by atoms with Crippen molar-refractivity contribution in [2.45, 2.75) is 154 Å². The van der Waals surface area contributed by atoms with Gasteiger partial charge in [0.2, 0.25) is 0 Å². The lowest BCUT2D eigenvalue weighted by atomic mass is 9.88. The van der Waals surface area contributed by atoms with Crippen LogP contribution in [0.4, 0.5) is 0 Å². The maximum absolute atomic E-state index is 13.1. The normalized spacial score (nSPS) is 25.4. The molecule has 0 unspecified atom stereocenters. The van der Waals surface area contributed by atoms with E-state index in [0.717, 1.165) is 6.42 Å². The molecule has 10 heteroatoms. The Morgan fingerprint density at radius 3 is 2.02 bits per heavy atom. The van der Waals surface area contributed by atoms with Crippen LogP contribution in [0, 0.1) is 5.92 Å². The van der Waals surface area contributed by atoms with Crippen molar-refractivity contribution in [2.24, 2.45) is 5.92 Å². The highest BCUT2D eigenvalue weighted by atomic mass is 28.4. The summed E-state index contributed by atoms with van der Waals surface area (Å²) in [6.45, 7) is 26.4. The zero-order chi connectivity index (χ0) is 39.4. The third-order valence-corrected chi connectivity index (χ3v) is 21.5. The van der Waals surface area contributed by atoms with Crippen LogP contribution in [-0.4, -0.2) is 84.8 Å². The van der Waals surface area contributed by atoms with Crippen LogP contribution < -0.4 is 10.4 Å². The largest absolute Gasteiger partial charge is 0.411 e. The van der Waals surface area contributed by atoms with Gasteiger partial charge in [0, 0.05) is 31.6 Å². The molecule has 3 fully saturated rings. The number of carbonyl (C=O) groups is 1. The predicted octanol–water partition coefficient (Wildman–Crippen LogP) is 8.33. The second kappa shape index (κ2) is 17.2. The number of ketones is 1. The summed E-state index contributed by atoms with van der Waals surface area (Å²) in [6.07, 6.45) is 5.97. The number of allylic oxidation sites excluding steroid dienone is 1. The Kier molecular flexibility index (Phi) is 13.8. The Labute approximate surface area is 327 Å². The first-order valence-electron chi connectivity index (χ1n) is 20.1. The molecule has 3 aliphatic heterocycles. The number of Topliss-reactive ketones (excluding diaryl/α,β-unsaturated/α-hetero) is 1. The van der Waals surface area contributed by atoms with E-state index in [4.69, 9.17) is 32.5 Å². The zero-order valence-electron chi connectivity index (χ0n) is 34.9. The molecule has 300 valence electrons. The Balaban J connectivity index is 1.31. The summed E-state index contributed by atoms with van der Waals surface area (Å²) in [6, 6.07) is 21.6. The molecule has 3 heterocycles. The molecule has 54 heavy (non-hydrogen) atoms. The van der Waals surface area contributed by atoms with Crippen molar-refractivity contribution in [3.63, 3.8) is 0 Å². The van der Waals surface area contributed by atoms with Gasteiger partial charge in [-0.1, -0.05) is 121 Å². The van der Waals surface area contributed by atoms with Gasteiger partial charge in [0.1, 0.15) is 11.9 Å². The van der Waals surface area contributed by atoms with Gasteiger partial charge < -0.3 is 32.5 Å². The summed E-state index contributed by atoms with van der Waals surface area (Å²) in [5, 5.41) is 2.43. The summed E-state index contributed by atoms with van der Waals surface area (Å²) < 4.78 is 45.8. The fourth-order valence-corrected chi connectivity index (χ4v) is 14.0. The van der Waals surface area contributed by atoms with Crippen molar-refractivity contribution < 1.29 is 37.3 Å². The van der Waals surface area contributed by atoms with Crippen molar-refractivity contribution in [2.75, 3.05) is 26.4 Å². The molecule has 0 radical (unpaired) electrons. The Morgan fingerprint density at radius 2 is 1.50 bits per heavy atom. The van der Waals surface area contributed by atoms with Crippen molar-refractivity contribution >= 4 is 32.8 Å². The number of benzene rings is 2. The van der Waals surface area contributed by atoms with Crippen LogP contribution >= 0.6 is 0 Å². The maximum atomic E-state index is 13.1. The van der Waals surface area contributed by atoms with Gasteiger partial charge in [0.15, 0.2) is 19.9 Å². The first-order chi connectivity index (χ1) is 25.3. The van der Waals surface area contributed by atoms with E-state index in [1.807, 2.05) is 26.0 Å². The van der Waals surface area contributed by atoms with Gasteiger partial charge in [-0.3, -0.25) is 4.79 Å². The lowest BCUT2D eigenvalue weighted by Crippen LogP contribution is -2.67. The van der Waals surface area contributed by atoms with E-state index < -0.39 is 28.2 Å². The number of rotatable bonds is 16. The molecule has 0 aromatic heterocycles. The lowest BCUT2D eigenvalue weighted by molar-refractivity contribution is -0.205. The van der Waals surface area contributed by atoms with Crippen LogP contribution in [0.2, 0.25) is 23.2 Å². The van der Waals surface area contributed by atoms with Gasteiger partial charge in [0.05, 0.1) is 44.7 Å². The summed E-state index contributed by atoms with van der Waals surface area (Å²) in [5.41, 5.74) is 0. The van der Waals surface area contributed by atoms with Gasteiger partial charge in [-0.2, -0.15) is 0 Å². The summed E-state index contributed by atoms with van der Waals surface area (Å²) in [7, 11) is -4.89. The van der Waals surface area contributed by atoms with Crippen molar-refractivity contribution in [1.29, 1.82) is 0 Å². The average molecular weight is 781 g/mol. The van der Waals surface area contributed by atoms with Crippen molar-refractivity contribution in [1.82, 2.24) is 0 Å². The van der Waals surface area contributed by atoms with E-state index in [9.17, 15) is 4.79 Å². The number of ether oxygens (including phenoxy) is 5. The molecular formula is C44H68O8Si2. The molecule has 0 N–H and O–H groups in total. The standard InChI is InChI=1S/C44H68O8Si2/c1-33(44(46-27-28-47-44)26-25-34(45)19-18-20-35-31-48-43(8,9)51-35)29-39-40(52-53(10,11)41(2,3)4)30-36(50-39)32-49-54(42(5,6)7,37-21-14-12-15-22-37)38-23-16-13-17-24-38/h12-18,20-24,33,35-36,39-40H,19,25-32H2,1-11H3/b20-18-/t33-,35+,36+,39-,40-/m1/s1. The van der Waals surface area contributed by atoms with Gasteiger partial charge >= 0.3 is 0 Å². The maximum Gasteiger partial charge on any atom is 0.261 e. The minimum Gasteiger partial charge on any atom is -0.411 e. The fraction of sp³-hybridized carbons (Fsp3) is 0.659. The molecule has 3 saturated heterocycles. The Bertz CT molecular complexity index is 1490. The second-order valence-corrected chi connectivity index (χ2v) is 27.7. The minimum absolute atomic E-state index is 0.0264. The first kappa shape index (κ1) is 43.1. The topological polar surface area (TPSA) is 81.7 Å². The van der Waals surface area contributed by atoms with Crippen LogP contribution in [0.3, 0.4) is 0 Å². The lowest BCUT2D eigenvalue weighted by Gasteiger charge is -2.43. The molecule has 0 spiro atoms. The fourth-order valence-electron chi connectivity index (χ4n) is 8.03. The van der Waals surface area contributed by atoms with Crippen LogP contribution in [0.5, 0.6) is 0 Å². The molecule has 3 aliphatic rings. The van der Waals surface area contributed by atoms with E-state index in [2.05, 4.69) is 122 Å². The van der Waals surface area contributed by atoms with Gasteiger partial charge in [-0.05, 0) is 53.8 Å². The van der Waals surface area contributed by atoms with Crippen LogP contribution in [0.25, 0.3) is 0 Å². The Hall–Kier alpha value is -2.00. The highest BCUT2D eigenvalue weighted by Gasteiger charge is 2.52. The van der Waals surface area contributed by atoms with Crippen LogP contribution in [0.15, 0.2) is 72.8 Å². The van der Waals surface area contributed by atoms with E-state index >= 15 is 0 Å². The zero-order valence-corrected chi connectivity index (χ0v) is 36.9. The molecular weight excluding hydrogens is 713 g/mol. The smallest absolute Gasteiger partial charge is 0.261 e. The van der Waals surface area contributed by atoms with Crippen molar-refractivity contribution in [3.05, 3.63) is 72.8 Å². The molecule has 0 saturated carbocycles. The highest BCUT2D eigenvalue weighted by Crippen LogP contribution is 2.44. The molecule has 0 bridgehead atoms. The van der Waals surface area contributed by atoms with Gasteiger partial charge in [0.25, 0.3) is 8.32 Å². The number of hydrogen-bond donors (Lipinski definition) is 0. The van der Waals surface area contributed by atoms with E-state index in [1.165, 1.54) is 10.4 Å². The summed E-state index contributed by atoms with van der Waals surface area (Å²) >= 11 is 0. The molecule has 2 aromatic carbocycles. The number of carbonyl (C=O) groups excluding carboxylic acids is 1. The first-order valence-corrected chi connectivity index (χ1v) is 24.9. The molecule has 5 rings (SSSR count). The molecule has 0 aliphatic carbocycles. The highest BCUT2D eigenvalue weighted by molar-refractivity contribution is 6.99. The quantitative estimate of drug-likeness (QED) is 0.124. The number of hydrogen-bond acceptors (Lipinski definition) is 8. The van der Waals surface area contributed by atoms with Crippen molar-refractivity contribution in [3.8, 4) is 0 Å². The van der Waals surface area contributed by atoms with E-state index in [1.54, 1.807) is 0 Å². The summed E-state index contributed by atoms with van der Waals surface area (Å²) in [4.78, 5) is 13.1.